The molecule has 0 aliphatic heterocycles. The van der Waals surface area contributed by atoms with Gasteiger partial charge in [0.05, 0.1) is 12.5 Å². The molecule has 3 nitrogen and oxygen atoms in total. The van der Waals surface area contributed by atoms with Crippen molar-refractivity contribution in [2.45, 2.75) is 19.4 Å². The second-order valence-electron chi connectivity index (χ2n) is 3.03. The molecule has 13 heavy (non-hydrogen) atoms. The zero-order valence-electron chi connectivity index (χ0n) is 7.49. The van der Waals surface area contributed by atoms with Crippen molar-refractivity contribution in [2.24, 2.45) is 5.73 Å². The minimum atomic E-state index is -0.398. The maximum absolute atomic E-state index is 9.50. The molecule has 1 rings (SSSR count). The number of nitriles is 1. The molecule has 1 aromatic carbocycles. The Hall–Kier alpha value is -1.53. The number of hydrogen-bond acceptors (Lipinski definition) is 3. The molecule has 0 fully saturated rings. The maximum atomic E-state index is 9.50. The van der Waals surface area contributed by atoms with Crippen LogP contribution in [0.15, 0.2) is 18.2 Å². The Morgan fingerprint density at radius 2 is 2.31 bits per heavy atom. The number of phenols is 1. The van der Waals surface area contributed by atoms with E-state index in [4.69, 9.17) is 11.0 Å². The fraction of sp³-hybridized carbons (Fsp3) is 0.300. The third-order valence-corrected chi connectivity index (χ3v) is 1.90. The van der Waals surface area contributed by atoms with Gasteiger partial charge in [0.1, 0.15) is 5.75 Å². The lowest BCUT2D eigenvalue weighted by atomic mass is 10.0. The third kappa shape index (κ3) is 2.20. The summed E-state index contributed by atoms with van der Waals surface area (Å²) in [5.74, 6) is 0.169. The highest BCUT2D eigenvalue weighted by Crippen LogP contribution is 2.25. The van der Waals surface area contributed by atoms with Gasteiger partial charge in [0.25, 0.3) is 0 Å². The Morgan fingerprint density at radius 3 is 2.85 bits per heavy atom. The first-order chi connectivity index (χ1) is 6.15. The van der Waals surface area contributed by atoms with Crippen molar-refractivity contribution in [2.75, 3.05) is 0 Å². The summed E-state index contributed by atoms with van der Waals surface area (Å²) in [5, 5.41) is 17.9. The number of aryl methyl sites for hydroxylation is 1. The molecule has 1 atom stereocenters. The van der Waals surface area contributed by atoms with Crippen molar-refractivity contribution in [1.29, 1.82) is 5.26 Å². The van der Waals surface area contributed by atoms with E-state index in [1.807, 2.05) is 19.1 Å². The minimum Gasteiger partial charge on any atom is -0.508 e. The van der Waals surface area contributed by atoms with Crippen molar-refractivity contribution >= 4 is 0 Å². The van der Waals surface area contributed by atoms with Gasteiger partial charge < -0.3 is 10.8 Å². The zero-order valence-corrected chi connectivity index (χ0v) is 7.49. The van der Waals surface area contributed by atoms with E-state index in [9.17, 15) is 5.11 Å². The van der Waals surface area contributed by atoms with Crippen LogP contribution in [0.25, 0.3) is 0 Å². The highest BCUT2D eigenvalue weighted by molar-refractivity contribution is 5.38. The van der Waals surface area contributed by atoms with E-state index < -0.39 is 6.04 Å². The van der Waals surface area contributed by atoms with Crippen LogP contribution in [-0.2, 0) is 0 Å². The number of nitrogens with two attached hydrogens (primary N) is 1. The monoisotopic (exact) mass is 176 g/mol. The van der Waals surface area contributed by atoms with Crippen molar-refractivity contribution < 1.29 is 5.11 Å². The van der Waals surface area contributed by atoms with Gasteiger partial charge in [-0.05, 0) is 18.6 Å². The molecule has 0 radical (unpaired) electrons. The lowest BCUT2D eigenvalue weighted by molar-refractivity contribution is 0.461. The van der Waals surface area contributed by atoms with Crippen LogP contribution in [0.4, 0.5) is 0 Å². The van der Waals surface area contributed by atoms with Crippen molar-refractivity contribution in [3.05, 3.63) is 29.3 Å². The highest BCUT2D eigenvalue weighted by atomic mass is 16.3. The predicted molar refractivity (Wildman–Crippen MR) is 50.0 cm³/mol. The van der Waals surface area contributed by atoms with Crippen LogP contribution in [-0.4, -0.2) is 5.11 Å². The van der Waals surface area contributed by atoms with Gasteiger partial charge in [0.2, 0.25) is 0 Å². The largest absolute Gasteiger partial charge is 0.508 e. The molecule has 1 aromatic rings. The summed E-state index contributed by atoms with van der Waals surface area (Å²) in [5.41, 5.74) is 7.28. The summed E-state index contributed by atoms with van der Waals surface area (Å²) in [6.07, 6.45) is 0.219. The van der Waals surface area contributed by atoms with E-state index in [1.165, 1.54) is 0 Å². The topological polar surface area (TPSA) is 70.0 Å². The molecular formula is C10H12N2O. The fourth-order valence-electron chi connectivity index (χ4n) is 1.18. The molecule has 0 bridgehead atoms. The molecule has 0 saturated heterocycles. The van der Waals surface area contributed by atoms with E-state index in [0.29, 0.717) is 5.56 Å². The van der Waals surface area contributed by atoms with Gasteiger partial charge >= 0.3 is 0 Å². The van der Waals surface area contributed by atoms with Gasteiger partial charge in [-0.25, -0.2) is 0 Å². The molecule has 3 N–H and O–H groups in total. The molecule has 1 unspecified atom stereocenters. The van der Waals surface area contributed by atoms with Crippen molar-refractivity contribution in [3.8, 4) is 11.8 Å². The van der Waals surface area contributed by atoms with Crippen LogP contribution < -0.4 is 5.73 Å². The van der Waals surface area contributed by atoms with E-state index in [0.717, 1.165) is 5.56 Å². The van der Waals surface area contributed by atoms with Gasteiger partial charge in [-0.1, -0.05) is 12.1 Å². The fourth-order valence-corrected chi connectivity index (χ4v) is 1.18. The summed E-state index contributed by atoms with van der Waals surface area (Å²) in [6, 6.07) is 6.84. The Labute approximate surface area is 77.4 Å². The van der Waals surface area contributed by atoms with Crippen LogP contribution in [0, 0.1) is 18.3 Å². The van der Waals surface area contributed by atoms with Gasteiger partial charge in [-0.15, -0.1) is 0 Å². The smallest absolute Gasteiger partial charge is 0.120 e. The molecule has 0 aliphatic carbocycles. The van der Waals surface area contributed by atoms with E-state index in [1.54, 1.807) is 12.1 Å². The third-order valence-electron chi connectivity index (χ3n) is 1.90. The van der Waals surface area contributed by atoms with Crippen molar-refractivity contribution in [1.82, 2.24) is 0 Å². The first-order valence-corrected chi connectivity index (χ1v) is 4.07. The summed E-state index contributed by atoms with van der Waals surface area (Å²) in [6.45, 7) is 1.89. The number of hydrogen-bond donors (Lipinski definition) is 2. The molecule has 0 heterocycles. The summed E-state index contributed by atoms with van der Waals surface area (Å²) < 4.78 is 0. The molecule has 0 aliphatic rings. The first-order valence-electron chi connectivity index (χ1n) is 4.07. The molecule has 0 saturated carbocycles. The van der Waals surface area contributed by atoms with Crippen molar-refractivity contribution in [3.63, 3.8) is 0 Å². The highest BCUT2D eigenvalue weighted by Gasteiger charge is 2.09. The molecule has 3 heteroatoms. The number of rotatable bonds is 2. The van der Waals surface area contributed by atoms with E-state index >= 15 is 0 Å². The van der Waals surface area contributed by atoms with Gasteiger partial charge in [-0.2, -0.15) is 5.26 Å². The van der Waals surface area contributed by atoms with Gasteiger partial charge in [-0.3, -0.25) is 0 Å². The first kappa shape index (κ1) is 9.56. The minimum absolute atomic E-state index is 0.169. The maximum Gasteiger partial charge on any atom is 0.120 e. The van der Waals surface area contributed by atoms with Crippen LogP contribution in [0.2, 0.25) is 0 Å². The van der Waals surface area contributed by atoms with E-state index in [-0.39, 0.29) is 12.2 Å². The summed E-state index contributed by atoms with van der Waals surface area (Å²) in [4.78, 5) is 0. The Bertz CT molecular complexity index is 341. The Kier molecular flexibility index (Phi) is 2.88. The van der Waals surface area contributed by atoms with Crippen LogP contribution in [0.1, 0.15) is 23.6 Å². The average Bonchev–Trinajstić information content (AvgIpc) is 2.04. The molecule has 0 aromatic heterocycles. The molecule has 0 amide bonds. The summed E-state index contributed by atoms with van der Waals surface area (Å²) in [7, 11) is 0. The van der Waals surface area contributed by atoms with E-state index in [2.05, 4.69) is 0 Å². The Balaban J connectivity index is 2.96. The molecule has 0 spiro atoms. The Morgan fingerprint density at radius 1 is 1.62 bits per heavy atom. The SMILES string of the molecule is Cc1ccc(C(N)CC#N)c(O)c1. The normalized spacial score (nSPS) is 12.1. The number of phenolic OH excluding ortho intramolecular Hbond substituents is 1. The second-order valence-corrected chi connectivity index (χ2v) is 3.03. The number of aromatic hydroxyl groups is 1. The lowest BCUT2D eigenvalue weighted by Crippen LogP contribution is -2.09. The van der Waals surface area contributed by atoms with Crippen LogP contribution in [0.3, 0.4) is 0 Å². The van der Waals surface area contributed by atoms with Crippen LogP contribution >= 0.6 is 0 Å². The lowest BCUT2D eigenvalue weighted by Gasteiger charge is -2.10. The van der Waals surface area contributed by atoms with Gasteiger partial charge in [0, 0.05) is 11.6 Å². The number of nitrogens with zero attached hydrogens (tertiary/aromatic N) is 1. The average molecular weight is 176 g/mol. The standard InChI is InChI=1S/C10H12N2O/c1-7-2-3-8(10(13)6-7)9(12)4-5-11/h2-3,6,9,13H,4,12H2,1H3. The predicted octanol–water partition coefficient (Wildman–Crippen LogP) is 1.61. The number of benzene rings is 1. The quantitative estimate of drug-likeness (QED) is 0.719. The second kappa shape index (κ2) is 3.92. The summed E-state index contributed by atoms with van der Waals surface area (Å²) >= 11 is 0. The zero-order chi connectivity index (χ0) is 9.84. The van der Waals surface area contributed by atoms with Crippen LogP contribution in [0.5, 0.6) is 5.75 Å². The molecular weight excluding hydrogens is 164 g/mol. The van der Waals surface area contributed by atoms with Gasteiger partial charge in [0.15, 0.2) is 0 Å². The molecule has 68 valence electrons.